The van der Waals surface area contributed by atoms with Gasteiger partial charge in [0.25, 0.3) is 11.8 Å². The van der Waals surface area contributed by atoms with Crippen molar-refractivity contribution in [2.75, 3.05) is 43.5 Å². The molecule has 7 rings (SSSR count). The fourth-order valence-electron chi connectivity index (χ4n) is 6.87. The maximum Gasteiger partial charge on any atom is 0.262 e. The molecule has 3 fully saturated rings. The number of likely N-dealkylation sites (tertiary alicyclic amines) is 1. The van der Waals surface area contributed by atoms with Crippen LogP contribution >= 0.6 is 22.9 Å². The number of carbonyl (C=O) groups excluding carboxylic acids is 4. The van der Waals surface area contributed by atoms with Crippen LogP contribution in [0.5, 0.6) is 0 Å². The summed E-state index contributed by atoms with van der Waals surface area (Å²) in [6.07, 6.45) is 4.51. The highest BCUT2D eigenvalue weighted by molar-refractivity contribution is 7.14. The van der Waals surface area contributed by atoms with Crippen molar-refractivity contribution in [3.63, 3.8) is 0 Å². The van der Waals surface area contributed by atoms with Crippen LogP contribution in [0.2, 0.25) is 5.02 Å². The molecule has 1 aromatic carbocycles. The highest BCUT2D eigenvalue weighted by Crippen LogP contribution is 2.35. The Hall–Kier alpha value is -4.49. The second-order valence-corrected chi connectivity index (χ2v) is 14.3. The van der Waals surface area contributed by atoms with E-state index in [9.17, 15) is 24.4 Å². The molecule has 260 valence electrons. The first kappa shape index (κ1) is 34.0. The summed E-state index contributed by atoms with van der Waals surface area (Å²) in [6, 6.07) is 5.81. The monoisotopic (exact) mass is 720 g/mol. The quantitative estimate of drug-likeness (QED) is 0.271. The predicted molar refractivity (Wildman–Crippen MR) is 182 cm³/mol. The van der Waals surface area contributed by atoms with Crippen molar-refractivity contribution in [2.24, 2.45) is 5.41 Å². The van der Waals surface area contributed by atoms with Gasteiger partial charge >= 0.3 is 0 Å². The molecule has 0 radical (unpaired) electrons. The topological polar surface area (TPSA) is 170 Å². The van der Waals surface area contributed by atoms with Gasteiger partial charge in [-0.15, -0.1) is 11.3 Å². The molecule has 2 aromatic heterocycles. The van der Waals surface area contributed by atoms with Crippen molar-refractivity contribution in [3.8, 4) is 17.3 Å². The number of pyridine rings is 1. The number of piperidine rings is 2. The molecule has 1 unspecified atom stereocenters. The largest absolute Gasteiger partial charge is 0.381 e. The van der Waals surface area contributed by atoms with Gasteiger partial charge in [-0.25, -0.2) is 14.4 Å². The van der Waals surface area contributed by atoms with Gasteiger partial charge in [0.2, 0.25) is 11.8 Å². The number of benzene rings is 1. The van der Waals surface area contributed by atoms with Gasteiger partial charge in [0.05, 0.1) is 33.3 Å². The number of nitriles is 1. The van der Waals surface area contributed by atoms with E-state index in [1.54, 1.807) is 6.20 Å². The lowest BCUT2D eigenvalue weighted by molar-refractivity contribution is -0.136. The highest BCUT2D eigenvalue weighted by Gasteiger charge is 2.45. The van der Waals surface area contributed by atoms with E-state index in [0.717, 1.165) is 29.4 Å². The van der Waals surface area contributed by atoms with Crippen LogP contribution in [0.4, 0.5) is 15.3 Å². The molecule has 0 spiro atoms. The number of anilines is 2. The first-order valence-electron chi connectivity index (χ1n) is 16.5. The fraction of sp³-hybridized carbons (Fsp3) is 0.441. The predicted octanol–water partition coefficient (Wildman–Crippen LogP) is 4.21. The number of ether oxygens (including phenoxy) is 1. The molecule has 4 amide bonds. The molecule has 3 aromatic rings. The first-order valence-corrected chi connectivity index (χ1v) is 17.8. The SMILES string of the molecule is N#CC1(CNc2nc(-c3cc(NC4CCN(Cc5cc6c(cc5F)C(=O)N(C5CCC(=O)NC5=O)C6=O)CC4)ncc3Cl)cs2)CCOCC1. The van der Waals surface area contributed by atoms with E-state index in [1.165, 1.54) is 17.4 Å². The second kappa shape index (κ2) is 14.0. The average molecular weight is 721 g/mol. The zero-order valence-electron chi connectivity index (χ0n) is 27.0. The first-order chi connectivity index (χ1) is 24.1. The molecular weight excluding hydrogens is 687 g/mol. The molecule has 13 nitrogen and oxygen atoms in total. The van der Waals surface area contributed by atoms with Gasteiger partial charge in [-0.1, -0.05) is 11.6 Å². The minimum absolute atomic E-state index is 0.0102. The highest BCUT2D eigenvalue weighted by atomic mass is 35.5. The number of nitrogens with zero attached hydrogens (tertiary/aromatic N) is 5. The molecule has 3 saturated heterocycles. The van der Waals surface area contributed by atoms with Crippen molar-refractivity contribution in [1.82, 2.24) is 25.1 Å². The Morgan fingerprint density at radius 2 is 1.82 bits per heavy atom. The number of fused-ring (bicyclic) bond motifs is 1. The zero-order valence-corrected chi connectivity index (χ0v) is 28.5. The molecule has 3 N–H and O–H groups in total. The van der Waals surface area contributed by atoms with E-state index < -0.39 is 40.9 Å². The third kappa shape index (κ3) is 6.80. The molecular formula is C34H34ClFN8O5S. The number of nitrogens with one attached hydrogen (secondary N) is 3. The second-order valence-electron chi connectivity index (χ2n) is 13.1. The van der Waals surface area contributed by atoms with Crippen molar-refractivity contribution in [3.05, 3.63) is 57.3 Å². The van der Waals surface area contributed by atoms with Gasteiger partial charge in [-0.3, -0.25) is 34.3 Å². The minimum Gasteiger partial charge on any atom is -0.381 e. The molecule has 0 aliphatic carbocycles. The van der Waals surface area contributed by atoms with E-state index in [4.69, 9.17) is 21.3 Å². The van der Waals surface area contributed by atoms with Gasteiger partial charge in [-0.2, -0.15) is 5.26 Å². The number of hydrogen-bond donors (Lipinski definition) is 3. The summed E-state index contributed by atoms with van der Waals surface area (Å²) in [5.74, 6) is -2.50. The molecule has 50 heavy (non-hydrogen) atoms. The summed E-state index contributed by atoms with van der Waals surface area (Å²) < 4.78 is 20.7. The van der Waals surface area contributed by atoms with Crippen LogP contribution in [-0.2, 0) is 20.9 Å². The Labute approximate surface area is 296 Å². The van der Waals surface area contributed by atoms with Gasteiger partial charge in [0, 0.05) is 74.6 Å². The van der Waals surface area contributed by atoms with Crippen molar-refractivity contribution >= 4 is 57.5 Å². The molecule has 0 saturated carbocycles. The van der Waals surface area contributed by atoms with E-state index >= 15 is 4.39 Å². The van der Waals surface area contributed by atoms with Crippen LogP contribution in [0.3, 0.4) is 0 Å². The lowest BCUT2D eigenvalue weighted by atomic mass is 9.82. The maximum atomic E-state index is 15.2. The van der Waals surface area contributed by atoms with Gasteiger partial charge in [0.1, 0.15) is 17.7 Å². The molecule has 4 aliphatic rings. The molecule has 6 heterocycles. The van der Waals surface area contributed by atoms with Crippen molar-refractivity contribution in [1.29, 1.82) is 5.26 Å². The Kier molecular flexibility index (Phi) is 9.53. The van der Waals surface area contributed by atoms with Crippen LogP contribution in [0, 0.1) is 22.6 Å². The number of amides is 4. The number of rotatable bonds is 9. The van der Waals surface area contributed by atoms with E-state index in [-0.39, 0.29) is 42.1 Å². The normalized spacial score (nSPS) is 21.1. The van der Waals surface area contributed by atoms with Crippen LogP contribution in [0.25, 0.3) is 11.3 Å². The summed E-state index contributed by atoms with van der Waals surface area (Å²) >= 11 is 7.98. The average Bonchev–Trinajstić information content (AvgIpc) is 3.68. The third-order valence-electron chi connectivity index (χ3n) is 9.84. The van der Waals surface area contributed by atoms with E-state index in [0.29, 0.717) is 67.4 Å². The summed E-state index contributed by atoms with van der Waals surface area (Å²) in [7, 11) is 0. The van der Waals surface area contributed by atoms with Crippen LogP contribution in [-0.4, -0.2) is 88.3 Å². The van der Waals surface area contributed by atoms with Gasteiger partial charge in [0.15, 0.2) is 5.13 Å². The van der Waals surface area contributed by atoms with Gasteiger partial charge in [-0.05, 0) is 50.3 Å². The Morgan fingerprint density at radius 1 is 1.08 bits per heavy atom. The molecule has 16 heteroatoms. The summed E-state index contributed by atoms with van der Waals surface area (Å²) in [6.45, 7) is 3.20. The smallest absolute Gasteiger partial charge is 0.262 e. The molecule has 0 bridgehead atoms. The summed E-state index contributed by atoms with van der Waals surface area (Å²) in [5.41, 5.74) is 1.25. The number of imide groups is 2. The van der Waals surface area contributed by atoms with Crippen LogP contribution < -0.4 is 16.0 Å². The lowest BCUT2D eigenvalue weighted by Gasteiger charge is -2.32. The Balaban J connectivity index is 0.949. The lowest BCUT2D eigenvalue weighted by Crippen LogP contribution is -2.54. The summed E-state index contributed by atoms with van der Waals surface area (Å²) in [5, 5.41) is 21.8. The molecule has 1 atom stereocenters. The maximum absolute atomic E-state index is 15.2. The minimum atomic E-state index is -1.11. The summed E-state index contributed by atoms with van der Waals surface area (Å²) in [4.78, 5) is 62.3. The Morgan fingerprint density at radius 3 is 2.54 bits per heavy atom. The van der Waals surface area contributed by atoms with E-state index in [2.05, 4.69) is 31.9 Å². The number of thiazole rings is 1. The standard InChI is InChI=1S/C34H34ClFN8O5S/c35-24-14-38-28(13-23(24)26-16-50-33(41-26)39-18-34(17-37)5-9-49-10-6-34)40-20-3-7-43(8-4-20)15-19-11-21-22(12-25(19)36)32(48)44(31(21)47)27-1-2-29(45)42-30(27)46/h11-14,16,20,27H,1-10,15,18H2,(H,38,40)(H,39,41)(H,42,45,46). The third-order valence-corrected chi connectivity index (χ3v) is 10.9. The van der Waals surface area contributed by atoms with Crippen molar-refractivity contribution < 1.29 is 28.3 Å². The van der Waals surface area contributed by atoms with Gasteiger partial charge < -0.3 is 15.4 Å². The molecule has 4 aliphatic heterocycles. The van der Waals surface area contributed by atoms with Crippen LogP contribution in [0.1, 0.15) is 64.8 Å². The van der Waals surface area contributed by atoms with Crippen molar-refractivity contribution in [2.45, 2.75) is 57.2 Å². The number of aromatic nitrogens is 2. The van der Waals surface area contributed by atoms with E-state index in [1.807, 2.05) is 11.4 Å². The number of halogens is 2. The van der Waals surface area contributed by atoms with Crippen LogP contribution in [0.15, 0.2) is 29.8 Å². The Bertz CT molecular complexity index is 1900. The number of carbonyl (C=O) groups is 4. The zero-order chi connectivity index (χ0) is 35.0. The number of hydrogen-bond acceptors (Lipinski definition) is 12. The fourth-order valence-corrected chi connectivity index (χ4v) is 7.78.